The Morgan fingerprint density at radius 1 is 1.25 bits per heavy atom. The van der Waals surface area contributed by atoms with Gasteiger partial charge in [-0.15, -0.1) is 5.10 Å². The number of nitrogens with zero attached hydrogens (tertiary/aromatic N) is 5. The Kier molecular flexibility index (Phi) is 6.20. The molecular formula is C18H23N7O3. The molecule has 1 aromatic carbocycles. The first-order valence-corrected chi connectivity index (χ1v) is 9.04. The second-order valence-corrected chi connectivity index (χ2v) is 6.42. The van der Waals surface area contributed by atoms with Gasteiger partial charge in [-0.25, -0.2) is 9.78 Å². The molecule has 10 nitrogen and oxygen atoms in total. The van der Waals surface area contributed by atoms with Gasteiger partial charge in [-0.3, -0.25) is 0 Å². The normalized spacial score (nSPS) is 14.2. The second-order valence-electron chi connectivity index (χ2n) is 6.42. The molecule has 10 heteroatoms. The number of aromatic nitrogens is 5. The summed E-state index contributed by atoms with van der Waals surface area (Å²) in [5, 5.41) is 19.0. The maximum Gasteiger partial charge on any atom is 0.402 e. The number of primary amides is 1. The van der Waals surface area contributed by atoms with Crippen molar-refractivity contribution in [2.24, 2.45) is 5.73 Å². The number of ether oxygens (including phenoxy) is 1. The number of carbonyl (C=O) groups is 1. The van der Waals surface area contributed by atoms with E-state index in [1.54, 1.807) is 18.0 Å². The van der Waals surface area contributed by atoms with Crippen LogP contribution in [0.4, 0.5) is 10.7 Å². The van der Waals surface area contributed by atoms with Crippen LogP contribution < -0.4 is 15.8 Å². The molecule has 4 N–H and O–H groups in total. The van der Waals surface area contributed by atoms with Gasteiger partial charge in [0.1, 0.15) is 5.75 Å². The number of nitrogens with one attached hydrogen (secondary N) is 1. The van der Waals surface area contributed by atoms with Gasteiger partial charge in [0.05, 0.1) is 19.0 Å². The zero-order valence-electron chi connectivity index (χ0n) is 15.6. The van der Waals surface area contributed by atoms with Gasteiger partial charge >= 0.3 is 6.09 Å². The number of anilines is 1. The highest BCUT2D eigenvalue weighted by Gasteiger charge is 2.16. The SMILES string of the molecule is COc1ccc(-n2nnc3cnc(NC4CCCCC4)nc32)cc1.NC(=O)O. The molecule has 4 rings (SSSR count). The van der Waals surface area contributed by atoms with Crippen molar-refractivity contribution in [1.29, 1.82) is 0 Å². The number of nitrogens with two attached hydrogens (primary N) is 1. The van der Waals surface area contributed by atoms with Crippen molar-refractivity contribution < 1.29 is 14.6 Å². The Hall–Kier alpha value is -3.43. The summed E-state index contributed by atoms with van der Waals surface area (Å²) in [6, 6.07) is 8.12. The summed E-state index contributed by atoms with van der Waals surface area (Å²) < 4.78 is 6.92. The Morgan fingerprint density at radius 3 is 2.57 bits per heavy atom. The van der Waals surface area contributed by atoms with E-state index in [0.29, 0.717) is 23.2 Å². The average Bonchev–Trinajstić information content (AvgIpc) is 3.12. The third-order valence-electron chi connectivity index (χ3n) is 4.45. The molecule has 3 aromatic rings. The van der Waals surface area contributed by atoms with Gasteiger partial charge in [-0.1, -0.05) is 24.5 Å². The number of methoxy groups -OCH3 is 1. The molecular weight excluding hydrogens is 362 g/mol. The lowest BCUT2D eigenvalue weighted by molar-refractivity contribution is 0.205. The zero-order chi connectivity index (χ0) is 19.9. The Labute approximate surface area is 161 Å². The maximum absolute atomic E-state index is 8.78. The molecule has 2 heterocycles. The van der Waals surface area contributed by atoms with E-state index in [0.717, 1.165) is 11.4 Å². The fourth-order valence-corrected chi connectivity index (χ4v) is 3.12. The van der Waals surface area contributed by atoms with Crippen LogP contribution >= 0.6 is 0 Å². The molecule has 1 amide bonds. The summed E-state index contributed by atoms with van der Waals surface area (Å²) >= 11 is 0. The first kappa shape index (κ1) is 19.3. The average molecular weight is 385 g/mol. The molecule has 0 bridgehead atoms. The fourth-order valence-electron chi connectivity index (χ4n) is 3.12. The molecule has 0 atom stereocenters. The zero-order valence-corrected chi connectivity index (χ0v) is 15.6. The fraction of sp³-hybridized carbons (Fsp3) is 0.389. The lowest BCUT2D eigenvalue weighted by Crippen LogP contribution is -2.23. The molecule has 1 fully saturated rings. The quantitative estimate of drug-likeness (QED) is 0.622. The monoisotopic (exact) mass is 385 g/mol. The number of amides is 1. The largest absolute Gasteiger partial charge is 0.497 e. The Bertz CT molecular complexity index is 917. The Balaban J connectivity index is 0.000000516. The Morgan fingerprint density at radius 2 is 1.93 bits per heavy atom. The van der Waals surface area contributed by atoms with Gasteiger partial charge in [-0.2, -0.15) is 9.67 Å². The van der Waals surface area contributed by atoms with Gasteiger partial charge < -0.3 is 20.9 Å². The van der Waals surface area contributed by atoms with Gasteiger partial charge in [0.25, 0.3) is 0 Å². The highest BCUT2D eigenvalue weighted by Crippen LogP contribution is 2.22. The minimum Gasteiger partial charge on any atom is -0.497 e. The molecule has 0 saturated heterocycles. The molecule has 0 aliphatic heterocycles. The molecule has 0 radical (unpaired) electrons. The smallest absolute Gasteiger partial charge is 0.402 e. The van der Waals surface area contributed by atoms with Crippen LogP contribution in [0, 0.1) is 0 Å². The van der Waals surface area contributed by atoms with Crippen molar-refractivity contribution >= 4 is 23.2 Å². The van der Waals surface area contributed by atoms with Crippen LogP contribution in [0.25, 0.3) is 16.9 Å². The standard InChI is InChI=1S/C17H20N6O.CH3NO2/c1-24-14-9-7-13(8-10-14)23-16-15(21-22-23)11-18-17(20-16)19-12-5-3-2-4-6-12;2-1(3)4/h7-12H,2-6H2,1H3,(H,18,19,20);2H2,(H,3,4). The number of hydrogen-bond acceptors (Lipinski definition) is 7. The van der Waals surface area contributed by atoms with Crippen molar-refractivity contribution in [3.05, 3.63) is 30.5 Å². The van der Waals surface area contributed by atoms with E-state index in [-0.39, 0.29) is 0 Å². The van der Waals surface area contributed by atoms with Crippen LogP contribution in [0.1, 0.15) is 32.1 Å². The summed E-state index contributed by atoms with van der Waals surface area (Å²) in [4.78, 5) is 17.8. The minimum absolute atomic E-state index is 0.460. The first-order chi connectivity index (χ1) is 13.6. The number of fused-ring (bicyclic) bond motifs is 1. The summed E-state index contributed by atoms with van der Waals surface area (Å²) in [6.45, 7) is 0. The minimum atomic E-state index is -1.33. The van der Waals surface area contributed by atoms with E-state index in [1.807, 2.05) is 24.3 Å². The molecule has 0 unspecified atom stereocenters. The number of hydrogen-bond donors (Lipinski definition) is 3. The first-order valence-electron chi connectivity index (χ1n) is 9.04. The third kappa shape index (κ3) is 4.84. The number of benzene rings is 1. The topological polar surface area (TPSA) is 141 Å². The molecule has 148 valence electrons. The van der Waals surface area contributed by atoms with Crippen molar-refractivity contribution in [3.8, 4) is 11.4 Å². The van der Waals surface area contributed by atoms with Gasteiger partial charge in [-0.05, 0) is 37.1 Å². The highest BCUT2D eigenvalue weighted by molar-refractivity contribution is 5.72. The van der Waals surface area contributed by atoms with E-state index in [1.165, 1.54) is 32.1 Å². The third-order valence-corrected chi connectivity index (χ3v) is 4.45. The number of rotatable bonds is 4. The summed E-state index contributed by atoms with van der Waals surface area (Å²) in [5.74, 6) is 1.45. The molecule has 1 aliphatic rings. The molecule has 2 aromatic heterocycles. The van der Waals surface area contributed by atoms with E-state index in [4.69, 9.17) is 14.6 Å². The van der Waals surface area contributed by atoms with Crippen LogP contribution in [-0.2, 0) is 0 Å². The van der Waals surface area contributed by atoms with Gasteiger partial charge in [0.15, 0.2) is 11.2 Å². The van der Waals surface area contributed by atoms with Crippen LogP contribution in [-0.4, -0.2) is 49.3 Å². The molecule has 28 heavy (non-hydrogen) atoms. The van der Waals surface area contributed by atoms with Crippen LogP contribution in [0.2, 0.25) is 0 Å². The van der Waals surface area contributed by atoms with Crippen molar-refractivity contribution in [2.45, 2.75) is 38.1 Å². The van der Waals surface area contributed by atoms with Gasteiger partial charge in [0.2, 0.25) is 5.95 Å². The van der Waals surface area contributed by atoms with E-state index in [9.17, 15) is 0 Å². The summed E-state index contributed by atoms with van der Waals surface area (Å²) in [5.41, 5.74) is 6.30. The highest BCUT2D eigenvalue weighted by atomic mass is 16.5. The lowest BCUT2D eigenvalue weighted by Gasteiger charge is -2.22. The molecule has 1 saturated carbocycles. The maximum atomic E-state index is 8.78. The lowest BCUT2D eigenvalue weighted by atomic mass is 9.96. The van der Waals surface area contributed by atoms with Crippen molar-refractivity contribution in [3.63, 3.8) is 0 Å². The van der Waals surface area contributed by atoms with E-state index >= 15 is 0 Å². The van der Waals surface area contributed by atoms with Crippen LogP contribution in [0.15, 0.2) is 30.5 Å². The predicted molar refractivity (Wildman–Crippen MR) is 104 cm³/mol. The molecule has 1 aliphatic carbocycles. The second kappa shape index (κ2) is 8.98. The van der Waals surface area contributed by atoms with Gasteiger partial charge in [0, 0.05) is 6.04 Å². The van der Waals surface area contributed by atoms with E-state index < -0.39 is 6.09 Å². The van der Waals surface area contributed by atoms with Crippen molar-refractivity contribution in [2.75, 3.05) is 12.4 Å². The summed E-state index contributed by atoms with van der Waals surface area (Å²) in [7, 11) is 1.65. The van der Waals surface area contributed by atoms with Crippen LogP contribution in [0.3, 0.4) is 0 Å². The van der Waals surface area contributed by atoms with E-state index in [2.05, 4.69) is 31.3 Å². The van der Waals surface area contributed by atoms with Crippen molar-refractivity contribution in [1.82, 2.24) is 25.0 Å². The molecule has 0 spiro atoms. The predicted octanol–water partition coefficient (Wildman–Crippen LogP) is 2.59. The number of carboxylic acid groups (broad SMARTS) is 1. The van der Waals surface area contributed by atoms with Crippen LogP contribution in [0.5, 0.6) is 5.75 Å². The summed E-state index contributed by atoms with van der Waals surface area (Å²) in [6.07, 6.45) is 6.61.